The standard InChI is InChI=1S/C12H16N4O/c1-8-11(9(2)16(3)15-8)12(17)14-7-10-5-4-6-13-10/h4-6,13H,7H2,1-3H3,(H,14,17). The number of aromatic nitrogens is 3. The van der Waals surface area contributed by atoms with Crippen LogP contribution in [0.25, 0.3) is 0 Å². The van der Waals surface area contributed by atoms with Crippen molar-refractivity contribution in [1.82, 2.24) is 20.1 Å². The van der Waals surface area contributed by atoms with Gasteiger partial charge in [0.1, 0.15) is 0 Å². The molecule has 0 radical (unpaired) electrons. The fourth-order valence-corrected chi connectivity index (χ4v) is 1.84. The zero-order valence-electron chi connectivity index (χ0n) is 10.2. The molecule has 0 saturated carbocycles. The molecule has 0 fully saturated rings. The van der Waals surface area contributed by atoms with Gasteiger partial charge >= 0.3 is 0 Å². The first-order valence-electron chi connectivity index (χ1n) is 5.50. The molecule has 0 aromatic carbocycles. The third kappa shape index (κ3) is 2.22. The second kappa shape index (κ2) is 4.45. The van der Waals surface area contributed by atoms with Gasteiger partial charge in [-0.2, -0.15) is 5.10 Å². The van der Waals surface area contributed by atoms with E-state index in [1.165, 1.54) is 0 Å². The Bertz CT molecular complexity index is 525. The van der Waals surface area contributed by atoms with Crippen LogP contribution in [0, 0.1) is 13.8 Å². The zero-order valence-corrected chi connectivity index (χ0v) is 10.2. The molecular weight excluding hydrogens is 216 g/mol. The molecule has 0 saturated heterocycles. The van der Waals surface area contributed by atoms with Gasteiger partial charge in [-0.1, -0.05) is 0 Å². The van der Waals surface area contributed by atoms with Gasteiger partial charge in [0.15, 0.2) is 0 Å². The van der Waals surface area contributed by atoms with Crippen molar-refractivity contribution in [1.29, 1.82) is 0 Å². The highest BCUT2D eigenvalue weighted by Gasteiger charge is 2.16. The molecule has 0 atom stereocenters. The van der Waals surface area contributed by atoms with E-state index >= 15 is 0 Å². The maximum absolute atomic E-state index is 12.0. The molecular formula is C12H16N4O. The lowest BCUT2D eigenvalue weighted by atomic mass is 10.2. The maximum atomic E-state index is 12.0. The summed E-state index contributed by atoms with van der Waals surface area (Å²) < 4.78 is 1.72. The molecule has 17 heavy (non-hydrogen) atoms. The topological polar surface area (TPSA) is 62.7 Å². The molecule has 0 aliphatic heterocycles. The fourth-order valence-electron chi connectivity index (χ4n) is 1.84. The van der Waals surface area contributed by atoms with E-state index in [0.717, 1.165) is 17.1 Å². The minimum atomic E-state index is -0.0808. The summed E-state index contributed by atoms with van der Waals surface area (Å²) in [6.07, 6.45) is 1.84. The predicted molar refractivity (Wildman–Crippen MR) is 64.6 cm³/mol. The molecule has 2 N–H and O–H groups in total. The molecule has 0 unspecified atom stereocenters. The number of rotatable bonds is 3. The minimum absolute atomic E-state index is 0.0808. The lowest BCUT2D eigenvalue weighted by Gasteiger charge is -2.04. The molecule has 90 valence electrons. The van der Waals surface area contributed by atoms with Crippen LogP contribution in [0.15, 0.2) is 18.3 Å². The summed E-state index contributed by atoms with van der Waals surface area (Å²) in [6.45, 7) is 4.24. The number of H-pyrrole nitrogens is 1. The van der Waals surface area contributed by atoms with Crippen LogP contribution < -0.4 is 5.32 Å². The Labute approximate surface area is 99.8 Å². The molecule has 2 aromatic rings. The third-order valence-electron chi connectivity index (χ3n) is 2.84. The van der Waals surface area contributed by atoms with E-state index in [4.69, 9.17) is 0 Å². The van der Waals surface area contributed by atoms with E-state index in [2.05, 4.69) is 15.4 Å². The summed E-state index contributed by atoms with van der Waals surface area (Å²) >= 11 is 0. The number of hydrogen-bond donors (Lipinski definition) is 2. The molecule has 1 amide bonds. The number of amides is 1. The number of hydrogen-bond acceptors (Lipinski definition) is 2. The predicted octanol–water partition coefficient (Wildman–Crippen LogP) is 1.30. The summed E-state index contributed by atoms with van der Waals surface area (Å²) in [4.78, 5) is 15.1. The summed E-state index contributed by atoms with van der Waals surface area (Å²) in [5.74, 6) is -0.0808. The Hall–Kier alpha value is -2.04. The lowest BCUT2D eigenvalue weighted by molar-refractivity contribution is 0.0949. The highest BCUT2D eigenvalue weighted by Crippen LogP contribution is 2.11. The van der Waals surface area contributed by atoms with Gasteiger partial charge in [0.25, 0.3) is 5.91 Å². The number of nitrogens with one attached hydrogen (secondary N) is 2. The SMILES string of the molecule is Cc1nn(C)c(C)c1C(=O)NCc1ccc[nH]1. The van der Waals surface area contributed by atoms with Crippen LogP contribution in [-0.4, -0.2) is 20.7 Å². The van der Waals surface area contributed by atoms with Crippen molar-refractivity contribution < 1.29 is 4.79 Å². The first-order chi connectivity index (χ1) is 8.09. The van der Waals surface area contributed by atoms with Crippen molar-refractivity contribution in [2.75, 3.05) is 0 Å². The van der Waals surface area contributed by atoms with Crippen LogP contribution in [0.5, 0.6) is 0 Å². The van der Waals surface area contributed by atoms with Crippen molar-refractivity contribution >= 4 is 5.91 Å². The van der Waals surface area contributed by atoms with Gasteiger partial charge in [-0.3, -0.25) is 9.48 Å². The van der Waals surface area contributed by atoms with Gasteiger partial charge in [-0.25, -0.2) is 0 Å². The van der Waals surface area contributed by atoms with Gasteiger partial charge in [0.05, 0.1) is 17.8 Å². The number of aromatic amines is 1. The van der Waals surface area contributed by atoms with E-state index in [9.17, 15) is 4.79 Å². The van der Waals surface area contributed by atoms with Gasteiger partial charge in [0.2, 0.25) is 0 Å². The van der Waals surface area contributed by atoms with Gasteiger partial charge in [0, 0.05) is 24.6 Å². The van der Waals surface area contributed by atoms with Crippen LogP contribution in [0.3, 0.4) is 0 Å². The minimum Gasteiger partial charge on any atom is -0.364 e. The Morgan fingerprint density at radius 3 is 2.82 bits per heavy atom. The molecule has 2 rings (SSSR count). The van der Waals surface area contributed by atoms with E-state index in [1.807, 2.05) is 39.2 Å². The largest absolute Gasteiger partial charge is 0.364 e. The molecule has 2 aromatic heterocycles. The third-order valence-corrected chi connectivity index (χ3v) is 2.84. The second-order valence-electron chi connectivity index (χ2n) is 4.05. The summed E-state index contributed by atoms with van der Waals surface area (Å²) in [7, 11) is 1.84. The summed E-state index contributed by atoms with van der Waals surface area (Å²) in [6, 6.07) is 3.84. The van der Waals surface area contributed by atoms with Gasteiger partial charge in [-0.15, -0.1) is 0 Å². The molecule has 0 spiro atoms. The lowest BCUT2D eigenvalue weighted by Crippen LogP contribution is -2.24. The van der Waals surface area contributed by atoms with Crippen molar-refractivity contribution in [2.24, 2.45) is 7.05 Å². The average Bonchev–Trinajstić information content (AvgIpc) is 2.86. The molecule has 2 heterocycles. The Morgan fingerprint density at radius 1 is 1.53 bits per heavy atom. The summed E-state index contributed by atoms with van der Waals surface area (Å²) in [5.41, 5.74) is 3.29. The highest BCUT2D eigenvalue weighted by molar-refractivity contribution is 5.96. The molecule has 5 nitrogen and oxygen atoms in total. The Morgan fingerprint density at radius 2 is 2.29 bits per heavy atom. The monoisotopic (exact) mass is 232 g/mol. The average molecular weight is 232 g/mol. The van der Waals surface area contributed by atoms with E-state index in [-0.39, 0.29) is 5.91 Å². The van der Waals surface area contributed by atoms with Crippen LogP contribution in [-0.2, 0) is 13.6 Å². The first-order valence-corrected chi connectivity index (χ1v) is 5.50. The molecule has 0 aliphatic carbocycles. The zero-order chi connectivity index (χ0) is 12.4. The van der Waals surface area contributed by atoms with E-state index < -0.39 is 0 Å². The number of carbonyl (C=O) groups is 1. The van der Waals surface area contributed by atoms with Crippen LogP contribution in [0.1, 0.15) is 27.4 Å². The van der Waals surface area contributed by atoms with Crippen molar-refractivity contribution in [3.8, 4) is 0 Å². The van der Waals surface area contributed by atoms with Crippen LogP contribution >= 0.6 is 0 Å². The normalized spacial score (nSPS) is 10.5. The van der Waals surface area contributed by atoms with E-state index in [0.29, 0.717) is 12.1 Å². The maximum Gasteiger partial charge on any atom is 0.255 e. The second-order valence-corrected chi connectivity index (χ2v) is 4.05. The first kappa shape index (κ1) is 11.4. The summed E-state index contributed by atoms with van der Waals surface area (Å²) in [5, 5.41) is 7.10. The van der Waals surface area contributed by atoms with E-state index in [1.54, 1.807) is 4.68 Å². The van der Waals surface area contributed by atoms with Crippen LogP contribution in [0.2, 0.25) is 0 Å². The van der Waals surface area contributed by atoms with Crippen molar-refractivity contribution in [3.63, 3.8) is 0 Å². The number of nitrogens with zero attached hydrogens (tertiary/aromatic N) is 2. The number of carbonyl (C=O) groups excluding carboxylic acids is 1. The van der Waals surface area contributed by atoms with Crippen LogP contribution in [0.4, 0.5) is 0 Å². The molecule has 5 heteroatoms. The van der Waals surface area contributed by atoms with Gasteiger partial charge < -0.3 is 10.3 Å². The quantitative estimate of drug-likeness (QED) is 0.837. The van der Waals surface area contributed by atoms with Crippen molar-refractivity contribution in [3.05, 3.63) is 41.0 Å². The fraction of sp³-hybridized carbons (Fsp3) is 0.333. The molecule has 0 aliphatic rings. The Balaban J connectivity index is 2.10. The Kier molecular flexibility index (Phi) is 2.99. The highest BCUT2D eigenvalue weighted by atomic mass is 16.1. The van der Waals surface area contributed by atoms with Gasteiger partial charge in [-0.05, 0) is 26.0 Å². The smallest absolute Gasteiger partial charge is 0.255 e. The number of aryl methyl sites for hydroxylation is 2. The van der Waals surface area contributed by atoms with Crippen molar-refractivity contribution in [2.45, 2.75) is 20.4 Å². The molecule has 0 bridgehead atoms.